The van der Waals surface area contributed by atoms with E-state index in [0.717, 1.165) is 11.3 Å². The van der Waals surface area contributed by atoms with Crippen molar-refractivity contribution in [3.8, 4) is 5.75 Å². The van der Waals surface area contributed by atoms with Crippen LogP contribution in [0.5, 0.6) is 5.75 Å². The summed E-state index contributed by atoms with van der Waals surface area (Å²) in [5.74, 6) is 1.21. The molecule has 4 rings (SSSR count). The standard InChI is InChI=1S/C22H19NO/c1-24-17-13-11-15(12-14-17)20-18-9-5-6-10-19(18)21(20)22(23)16-7-3-2-4-8-16/h2-14,20-21,23H,1H3. The zero-order valence-corrected chi connectivity index (χ0v) is 13.6. The first-order valence-corrected chi connectivity index (χ1v) is 8.16. The van der Waals surface area contributed by atoms with E-state index >= 15 is 0 Å². The molecule has 0 aliphatic heterocycles. The summed E-state index contributed by atoms with van der Waals surface area (Å²) in [7, 11) is 1.68. The summed E-state index contributed by atoms with van der Waals surface area (Å²) in [6.45, 7) is 0. The largest absolute Gasteiger partial charge is 0.497 e. The average Bonchev–Trinajstić information content (AvgIpc) is 2.64. The fourth-order valence-electron chi connectivity index (χ4n) is 3.64. The normalized spacial score (nSPS) is 18.4. The number of nitrogens with one attached hydrogen (secondary N) is 1. The molecular weight excluding hydrogens is 294 g/mol. The molecule has 2 atom stereocenters. The SMILES string of the molecule is COc1ccc(C2c3ccccc3C2C(=N)c2ccccc2)cc1. The van der Waals surface area contributed by atoms with Gasteiger partial charge in [0.05, 0.1) is 7.11 Å². The lowest BCUT2D eigenvalue weighted by atomic mass is 9.62. The van der Waals surface area contributed by atoms with E-state index in [1.165, 1.54) is 16.7 Å². The molecule has 2 nitrogen and oxygen atoms in total. The molecule has 0 amide bonds. The first kappa shape index (κ1) is 14.7. The number of benzene rings is 3. The summed E-state index contributed by atoms with van der Waals surface area (Å²) in [5.41, 5.74) is 5.52. The van der Waals surface area contributed by atoms with Gasteiger partial charge in [0.2, 0.25) is 0 Å². The van der Waals surface area contributed by atoms with Crippen LogP contribution in [0.3, 0.4) is 0 Å². The van der Waals surface area contributed by atoms with Crippen molar-refractivity contribution in [3.05, 3.63) is 101 Å². The van der Waals surface area contributed by atoms with E-state index in [1.807, 2.05) is 42.5 Å². The molecule has 1 N–H and O–H groups in total. The Kier molecular flexibility index (Phi) is 3.66. The highest BCUT2D eigenvalue weighted by molar-refractivity contribution is 6.05. The number of ether oxygens (including phenoxy) is 1. The average molecular weight is 313 g/mol. The maximum absolute atomic E-state index is 8.75. The third-order valence-corrected chi connectivity index (χ3v) is 4.87. The van der Waals surface area contributed by atoms with Crippen molar-refractivity contribution in [2.45, 2.75) is 11.8 Å². The van der Waals surface area contributed by atoms with Crippen molar-refractivity contribution in [1.82, 2.24) is 0 Å². The van der Waals surface area contributed by atoms with Crippen molar-refractivity contribution in [3.63, 3.8) is 0 Å². The second kappa shape index (κ2) is 5.97. The molecule has 0 saturated carbocycles. The molecular formula is C22H19NO. The topological polar surface area (TPSA) is 33.1 Å². The van der Waals surface area contributed by atoms with Crippen LogP contribution in [0.15, 0.2) is 78.9 Å². The monoisotopic (exact) mass is 313 g/mol. The minimum Gasteiger partial charge on any atom is -0.497 e. The van der Waals surface area contributed by atoms with Gasteiger partial charge in [0.1, 0.15) is 5.75 Å². The molecule has 0 bridgehead atoms. The summed E-state index contributed by atoms with van der Waals surface area (Å²) < 4.78 is 5.27. The van der Waals surface area contributed by atoms with E-state index in [1.54, 1.807) is 7.11 Å². The number of rotatable bonds is 4. The molecule has 0 saturated heterocycles. The lowest BCUT2D eigenvalue weighted by Gasteiger charge is -2.40. The Balaban J connectivity index is 1.75. The second-order valence-electron chi connectivity index (χ2n) is 6.14. The molecule has 2 heteroatoms. The van der Waals surface area contributed by atoms with Crippen LogP contribution < -0.4 is 4.74 Å². The van der Waals surface area contributed by atoms with Crippen LogP contribution in [0.1, 0.15) is 34.1 Å². The summed E-state index contributed by atoms with van der Waals surface area (Å²) in [5, 5.41) is 8.75. The van der Waals surface area contributed by atoms with E-state index in [0.29, 0.717) is 5.71 Å². The smallest absolute Gasteiger partial charge is 0.118 e. The molecule has 0 radical (unpaired) electrons. The number of methoxy groups -OCH3 is 1. The van der Waals surface area contributed by atoms with E-state index < -0.39 is 0 Å². The fraction of sp³-hybridized carbons (Fsp3) is 0.136. The second-order valence-corrected chi connectivity index (χ2v) is 6.14. The van der Waals surface area contributed by atoms with E-state index in [4.69, 9.17) is 10.1 Å². The Labute approximate surface area is 142 Å². The van der Waals surface area contributed by atoms with Crippen LogP contribution in [0.2, 0.25) is 0 Å². The van der Waals surface area contributed by atoms with Crippen molar-refractivity contribution < 1.29 is 4.74 Å². The van der Waals surface area contributed by atoms with Gasteiger partial charge in [-0.2, -0.15) is 0 Å². The zero-order valence-electron chi connectivity index (χ0n) is 13.6. The van der Waals surface area contributed by atoms with Crippen LogP contribution in [0, 0.1) is 5.41 Å². The molecule has 3 aromatic carbocycles. The van der Waals surface area contributed by atoms with E-state index in [9.17, 15) is 0 Å². The summed E-state index contributed by atoms with van der Waals surface area (Å²) in [6.07, 6.45) is 0. The van der Waals surface area contributed by atoms with Gasteiger partial charge in [-0.25, -0.2) is 0 Å². The van der Waals surface area contributed by atoms with Crippen LogP contribution in [-0.2, 0) is 0 Å². The molecule has 3 aromatic rings. The molecule has 2 unspecified atom stereocenters. The van der Waals surface area contributed by atoms with Gasteiger partial charge in [-0.15, -0.1) is 0 Å². The predicted octanol–water partition coefficient (Wildman–Crippen LogP) is 4.99. The molecule has 118 valence electrons. The number of fused-ring (bicyclic) bond motifs is 1. The van der Waals surface area contributed by atoms with Gasteiger partial charge in [-0.1, -0.05) is 66.7 Å². The molecule has 0 heterocycles. The Bertz CT molecular complexity index is 868. The fourth-order valence-corrected chi connectivity index (χ4v) is 3.64. The van der Waals surface area contributed by atoms with Crippen LogP contribution in [0.4, 0.5) is 0 Å². The number of hydrogen-bond acceptors (Lipinski definition) is 2. The quantitative estimate of drug-likeness (QED) is 0.676. The summed E-state index contributed by atoms with van der Waals surface area (Å²) >= 11 is 0. The highest BCUT2D eigenvalue weighted by Crippen LogP contribution is 2.51. The van der Waals surface area contributed by atoms with Gasteiger partial charge in [0, 0.05) is 17.5 Å². The molecule has 0 aromatic heterocycles. The third-order valence-electron chi connectivity index (χ3n) is 4.87. The van der Waals surface area contributed by atoms with Crippen LogP contribution in [0.25, 0.3) is 0 Å². The van der Waals surface area contributed by atoms with Gasteiger partial charge in [0.15, 0.2) is 0 Å². The Morgan fingerprint density at radius 2 is 1.42 bits per heavy atom. The van der Waals surface area contributed by atoms with Crippen molar-refractivity contribution in [2.24, 2.45) is 0 Å². The highest BCUT2D eigenvalue weighted by Gasteiger charge is 2.41. The maximum atomic E-state index is 8.75. The van der Waals surface area contributed by atoms with E-state index in [-0.39, 0.29) is 11.8 Å². The Morgan fingerprint density at radius 1 is 0.792 bits per heavy atom. The van der Waals surface area contributed by atoms with Crippen molar-refractivity contribution in [2.75, 3.05) is 7.11 Å². The first-order chi connectivity index (χ1) is 11.8. The molecule has 1 aliphatic rings. The van der Waals surface area contributed by atoms with E-state index in [2.05, 4.69) is 36.4 Å². The lowest BCUT2D eigenvalue weighted by molar-refractivity contribution is 0.414. The van der Waals surface area contributed by atoms with Gasteiger partial charge in [-0.05, 0) is 34.4 Å². The molecule has 0 fully saturated rings. The minimum absolute atomic E-state index is 0.108. The molecule has 1 aliphatic carbocycles. The zero-order chi connectivity index (χ0) is 16.5. The lowest BCUT2D eigenvalue weighted by Crippen LogP contribution is -2.31. The van der Waals surface area contributed by atoms with Gasteiger partial charge < -0.3 is 10.1 Å². The van der Waals surface area contributed by atoms with Crippen molar-refractivity contribution in [1.29, 1.82) is 5.41 Å². The van der Waals surface area contributed by atoms with Gasteiger partial charge >= 0.3 is 0 Å². The van der Waals surface area contributed by atoms with Crippen molar-refractivity contribution >= 4 is 5.71 Å². The third kappa shape index (κ3) is 2.31. The molecule has 0 spiro atoms. The summed E-state index contributed by atoms with van der Waals surface area (Å²) in [4.78, 5) is 0. The minimum atomic E-state index is 0.108. The predicted molar refractivity (Wildman–Crippen MR) is 97.3 cm³/mol. The van der Waals surface area contributed by atoms with Crippen LogP contribution >= 0.6 is 0 Å². The number of hydrogen-bond donors (Lipinski definition) is 1. The van der Waals surface area contributed by atoms with Crippen LogP contribution in [-0.4, -0.2) is 12.8 Å². The highest BCUT2D eigenvalue weighted by atomic mass is 16.5. The Hall–Kier alpha value is -2.87. The molecule has 24 heavy (non-hydrogen) atoms. The first-order valence-electron chi connectivity index (χ1n) is 8.16. The summed E-state index contributed by atoms with van der Waals surface area (Å²) in [6, 6.07) is 26.7. The maximum Gasteiger partial charge on any atom is 0.118 e. The Morgan fingerprint density at radius 3 is 2.08 bits per heavy atom. The van der Waals surface area contributed by atoms with Gasteiger partial charge in [-0.3, -0.25) is 0 Å². The van der Waals surface area contributed by atoms with Gasteiger partial charge in [0.25, 0.3) is 0 Å².